The molecule has 1 aliphatic carbocycles. The van der Waals surface area contributed by atoms with Crippen LogP contribution >= 0.6 is 0 Å². The second kappa shape index (κ2) is 5.73. The summed E-state index contributed by atoms with van der Waals surface area (Å²) < 4.78 is 4.98. The Labute approximate surface area is 97.6 Å². The minimum Gasteiger partial charge on any atom is -0.461 e. The molecule has 0 saturated carbocycles. The van der Waals surface area contributed by atoms with Gasteiger partial charge in [-0.3, -0.25) is 0 Å². The van der Waals surface area contributed by atoms with Gasteiger partial charge in [0, 0.05) is 5.92 Å². The van der Waals surface area contributed by atoms with E-state index in [1.165, 1.54) is 0 Å². The lowest BCUT2D eigenvalue weighted by atomic mass is 9.97. The number of ether oxygens (including phenoxy) is 1. The number of carbonyl (C=O) groups is 1. The first-order valence-corrected chi connectivity index (χ1v) is 6.05. The Morgan fingerprint density at radius 1 is 1.56 bits per heavy atom. The summed E-state index contributed by atoms with van der Waals surface area (Å²) in [5.41, 5.74) is 1.81. The van der Waals surface area contributed by atoms with Crippen molar-refractivity contribution in [3.05, 3.63) is 23.4 Å². The Morgan fingerprint density at radius 3 is 2.81 bits per heavy atom. The fraction of sp³-hybridized carbons (Fsp3) is 0.615. The van der Waals surface area contributed by atoms with Gasteiger partial charge in [-0.25, -0.2) is 4.79 Å². The van der Waals surface area contributed by atoms with Gasteiger partial charge in [-0.05, 0) is 25.8 Å². The highest BCUT2D eigenvalue weighted by molar-refractivity contribution is 5.89. The fourth-order valence-electron chi connectivity index (χ4n) is 2.14. The zero-order chi connectivity index (χ0) is 12.1. The summed E-state index contributed by atoms with van der Waals surface area (Å²) in [4.78, 5) is 11.5. The molecule has 0 aromatic heterocycles. The predicted molar refractivity (Wildman–Crippen MR) is 64.9 cm³/mol. The lowest BCUT2D eigenvalue weighted by molar-refractivity contribution is -0.138. The highest BCUT2D eigenvalue weighted by Crippen LogP contribution is 2.33. The van der Waals surface area contributed by atoms with Crippen LogP contribution in [0.15, 0.2) is 23.4 Å². The average Bonchev–Trinajstić information content (AvgIpc) is 2.85. The van der Waals surface area contributed by atoms with Crippen LogP contribution in [0.3, 0.4) is 0 Å². The van der Waals surface area contributed by atoms with E-state index in [0.29, 0.717) is 24.3 Å². The SMILES string of the molecule is CC.CCOC(=O)C1=C(C)C2CC=CC2N1. The Hall–Kier alpha value is -1.25. The lowest BCUT2D eigenvalue weighted by Gasteiger charge is -2.09. The van der Waals surface area contributed by atoms with Crippen LogP contribution in [0.2, 0.25) is 0 Å². The molecular weight excluding hydrogens is 202 g/mol. The van der Waals surface area contributed by atoms with Crippen molar-refractivity contribution in [1.29, 1.82) is 0 Å². The van der Waals surface area contributed by atoms with E-state index in [1.807, 2.05) is 27.7 Å². The molecule has 3 nitrogen and oxygen atoms in total. The van der Waals surface area contributed by atoms with Gasteiger partial charge in [0.2, 0.25) is 0 Å². The minimum absolute atomic E-state index is 0.215. The number of nitrogens with one attached hydrogen (secondary N) is 1. The average molecular weight is 223 g/mol. The van der Waals surface area contributed by atoms with E-state index in [0.717, 1.165) is 12.0 Å². The highest BCUT2D eigenvalue weighted by Gasteiger charge is 2.35. The van der Waals surface area contributed by atoms with E-state index in [2.05, 4.69) is 17.5 Å². The van der Waals surface area contributed by atoms with Crippen LogP contribution in [0.25, 0.3) is 0 Å². The molecule has 2 unspecified atom stereocenters. The normalized spacial score (nSPS) is 25.8. The van der Waals surface area contributed by atoms with Crippen molar-refractivity contribution in [2.45, 2.75) is 40.2 Å². The molecule has 1 aliphatic heterocycles. The number of hydrogen-bond acceptors (Lipinski definition) is 3. The second-order valence-electron chi connectivity index (χ2n) is 3.72. The van der Waals surface area contributed by atoms with Crippen LogP contribution in [0.4, 0.5) is 0 Å². The largest absolute Gasteiger partial charge is 0.461 e. The van der Waals surface area contributed by atoms with E-state index >= 15 is 0 Å². The molecular formula is C13H21NO2. The smallest absolute Gasteiger partial charge is 0.354 e. The van der Waals surface area contributed by atoms with Crippen molar-refractivity contribution < 1.29 is 9.53 Å². The number of esters is 1. The van der Waals surface area contributed by atoms with Crippen LogP contribution in [0.1, 0.15) is 34.1 Å². The summed E-state index contributed by atoms with van der Waals surface area (Å²) in [5.74, 6) is 0.252. The minimum atomic E-state index is -0.215. The van der Waals surface area contributed by atoms with E-state index < -0.39 is 0 Å². The predicted octanol–water partition coefficient (Wildman–Crippen LogP) is 2.40. The second-order valence-corrected chi connectivity index (χ2v) is 3.72. The summed E-state index contributed by atoms with van der Waals surface area (Å²) in [6, 6.07) is 0.314. The molecule has 0 radical (unpaired) electrons. The first-order valence-electron chi connectivity index (χ1n) is 6.05. The molecule has 0 saturated heterocycles. The van der Waals surface area contributed by atoms with Gasteiger partial charge in [-0.1, -0.05) is 26.0 Å². The third kappa shape index (κ3) is 2.29. The molecule has 0 aromatic rings. The molecule has 0 amide bonds. The van der Waals surface area contributed by atoms with E-state index in [9.17, 15) is 4.79 Å². The van der Waals surface area contributed by atoms with E-state index in [1.54, 1.807) is 0 Å². The molecule has 0 aromatic carbocycles. The van der Waals surface area contributed by atoms with Crippen LogP contribution in [0.5, 0.6) is 0 Å². The third-order valence-electron chi connectivity index (χ3n) is 2.91. The molecule has 1 heterocycles. The van der Waals surface area contributed by atoms with Gasteiger partial charge in [0.05, 0.1) is 12.6 Å². The Morgan fingerprint density at radius 2 is 2.25 bits per heavy atom. The van der Waals surface area contributed by atoms with Crippen molar-refractivity contribution in [3.8, 4) is 0 Å². The van der Waals surface area contributed by atoms with Gasteiger partial charge in [-0.15, -0.1) is 0 Å². The van der Waals surface area contributed by atoms with Crippen LogP contribution in [-0.2, 0) is 9.53 Å². The van der Waals surface area contributed by atoms with Gasteiger partial charge < -0.3 is 10.1 Å². The summed E-state index contributed by atoms with van der Waals surface area (Å²) in [6.45, 7) is 8.27. The van der Waals surface area contributed by atoms with Crippen LogP contribution in [0, 0.1) is 5.92 Å². The maximum atomic E-state index is 11.5. The van der Waals surface area contributed by atoms with Gasteiger partial charge in [0.1, 0.15) is 5.70 Å². The summed E-state index contributed by atoms with van der Waals surface area (Å²) >= 11 is 0. The molecule has 90 valence electrons. The first kappa shape index (κ1) is 12.8. The Bertz CT molecular complexity index is 318. The molecule has 2 rings (SSSR count). The zero-order valence-corrected chi connectivity index (χ0v) is 10.5. The van der Waals surface area contributed by atoms with Crippen molar-refractivity contribution >= 4 is 5.97 Å². The topological polar surface area (TPSA) is 38.3 Å². The standard InChI is InChI=1S/C11H15NO2.C2H6/c1-3-14-11(13)10-7(2)8-5-4-6-9(8)12-10;1-2/h4,6,8-9,12H,3,5H2,1-2H3;1-2H3. The van der Waals surface area contributed by atoms with Gasteiger partial charge in [0.15, 0.2) is 0 Å². The maximum Gasteiger partial charge on any atom is 0.354 e. The van der Waals surface area contributed by atoms with Crippen molar-refractivity contribution in [2.24, 2.45) is 5.92 Å². The molecule has 3 heteroatoms. The first-order chi connectivity index (χ1) is 7.74. The molecule has 0 bridgehead atoms. The highest BCUT2D eigenvalue weighted by atomic mass is 16.5. The van der Waals surface area contributed by atoms with Crippen LogP contribution in [-0.4, -0.2) is 18.6 Å². The number of fused-ring (bicyclic) bond motifs is 1. The Balaban J connectivity index is 0.000000606. The quantitative estimate of drug-likeness (QED) is 0.577. The Kier molecular flexibility index (Phi) is 4.59. The number of hydrogen-bond donors (Lipinski definition) is 1. The summed E-state index contributed by atoms with van der Waals surface area (Å²) in [5, 5.41) is 3.21. The van der Waals surface area contributed by atoms with Crippen molar-refractivity contribution in [1.82, 2.24) is 5.32 Å². The zero-order valence-electron chi connectivity index (χ0n) is 10.5. The maximum absolute atomic E-state index is 11.5. The van der Waals surface area contributed by atoms with Gasteiger partial charge in [0.25, 0.3) is 0 Å². The fourth-order valence-corrected chi connectivity index (χ4v) is 2.14. The monoisotopic (exact) mass is 223 g/mol. The van der Waals surface area contributed by atoms with E-state index in [-0.39, 0.29) is 5.97 Å². The molecule has 2 atom stereocenters. The molecule has 2 aliphatic rings. The van der Waals surface area contributed by atoms with Crippen molar-refractivity contribution in [2.75, 3.05) is 6.61 Å². The van der Waals surface area contributed by atoms with Crippen molar-refractivity contribution in [3.63, 3.8) is 0 Å². The van der Waals surface area contributed by atoms with Gasteiger partial charge in [-0.2, -0.15) is 0 Å². The lowest BCUT2D eigenvalue weighted by Crippen LogP contribution is -2.27. The molecule has 0 fully saturated rings. The molecule has 1 N–H and O–H groups in total. The summed E-state index contributed by atoms with van der Waals surface area (Å²) in [7, 11) is 0. The van der Waals surface area contributed by atoms with Gasteiger partial charge >= 0.3 is 5.97 Å². The van der Waals surface area contributed by atoms with E-state index in [4.69, 9.17) is 4.74 Å². The summed E-state index contributed by atoms with van der Waals surface area (Å²) in [6.07, 6.45) is 5.32. The number of rotatable bonds is 2. The van der Waals surface area contributed by atoms with Crippen LogP contribution < -0.4 is 5.32 Å². The third-order valence-corrected chi connectivity index (χ3v) is 2.91. The number of allylic oxidation sites excluding steroid dienone is 1. The number of carbonyl (C=O) groups excluding carboxylic acids is 1. The molecule has 16 heavy (non-hydrogen) atoms. The molecule has 0 spiro atoms.